The predicted octanol–water partition coefficient (Wildman–Crippen LogP) is 0.676. The average molecular weight is 368 g/mol. The molecule has 10 heteroatoms. The molecule has 0 radical (unpaired) electrons. The van der Waals surface area contributed by atoms with Gasteiger partial charge >= 0.3 is 6.01 Å². The number of ether oxygens (including phenoxy) is 1. The second kappa shape index (κ2) is 8.70. The summed E-state index contributed by atoms with van der Waals surface area (Å²) in [6, 6.07) is 5.56. The van der Waals surface area contributed by atoms with E-state index in [0.717, 1.165) is 5.69 Å². The smallest absolute Gasteiger partial charge is 0.317 e. The highest BCUT2D eigenvalue weighted by Crippen LogP contribution is 2.09. The molecule has 0 saturated heterocycles. The number of aryl methyl sites for hydroxylation is 2. The van der Waals surface area contributed by atoms with Gasteiger partial charge in [0.05, 0.1) is 0 Å². The summed E-state index contributed by atoms with van der Waals surface area (Å²) >= 11 is 0. The lowest BCUT2D eigenvalue weighted by molar-refractivity contribution is -0.123. The van der Waals surface area contributed by atoms with E-state index in [1.807, 2.05) is 26.1 Å². The van der Waals surface area contributed by atoms with E-state index in [2.05, 4.69) is 35.7 Å². The standard InChI is InChI=1S/C17H20N8O2/c1-12-4-6-20-17(22-12)27-11-16(26)19-8-7-18-14-10-15(24-13(2)23-14)25-9-3-5-21-25/h3-6,9-10H,7-8,11H2,1-2H3,(H,19,26)(H,18,23,24). The molecule has 0 unspecified atom stereocenters. The lowest BCUT2D eigenvalue weighted by Crippen LogP contribution is -2.33. The Kier molecular flexibility index (Phi) is 5.87. The fraction of sp³-hybridized carbons (Fsp3) is 0.294. The van der Waals surface area contributed by atoms with Gasteiger partial charge in [-0.25, -0.2) is 24.6 Å². The summed E-state index contributed by atoms with van der Waals surface area (Å²) in [4.78, 5) is 28.5. The number of hydrogen-bond donors (Lipinski definition) is 2. The lowest BCUT2D eigenvalue weighted by Gasteiger charge is -2.10. The first-order chi connectivity index (χ1) is 13.1. The van der Waals surface area contributed by atoms with Gasteiger partial charge in [0.2, 0.25) is 0 Å². The normalized spacial score (nSPS) is 10.4. The van der Waals surface area contributed by atoms with Crippen molar-refractivity contribution in [1.82, 2.24) is 35.0 Å². The molecule has 1 amide bonds. The number of amides is 1. The monoisotopic (exact) mass is 368 g/mol. The molecule has 0 saturated carbocycles. The lowest BCUT2D eigenvalue weighted by atomic mass is 10.4. The number of nitrogens with one attached hydrogen (secondary N) is 2. The zero-order valence-electron chi connectivity index (χ0n) is 15.1. The summed E-state index contributed by atoms with van der Waals surface area (Å²) in [7, 11) is 0. The summed E-state index contributed by atoms with van der Waals surface area (Å²) in [6.07, 6.45) is 5.08. The first-order valence-corrected chi connectivity index (χ1v) is 8.39. The molecular formula is C17H20N8O2. The third-order valence-electron chi connectivity index (χ3n) is 3.42. The van der Waals surface area contributed by atoms with Crippen molar-refractivity contribution in [1.29, 1.82) is 0 Å². The Bertz CT molecular complexity index is 898. The second-order valence-corrected chi connectivity index (χ2v) is 5.66. The maximum Gasteiger partial charge on any atom is 0.317 e. The largest absolute Gasteiger partial charge is 0.453 e. The fourth-order valence-electron chi connectivity index (χ4n) is 2.23. The van der Waals surface area contributed by atoms with Crippen molar-refractivity contribution in [2.24, 2.45) is 0 Å². The zero-order valence-corrected chi connectivity index (χ0v) is 15.1. The summed E-state index contributed by atoms with van der Waals surface area (Å²) in [5.74, 6) is 1.70. The third kappa shape index (κ3) is 5.46. The molecule has 0 aromatic carbocycles. The highest BCUT2D eigenvalue weighted by molar-refractivity contribution is 5.77. The van der Waals surface area contributed by atoms with Crippen LogP contribution in [0, 0.1) is 13.8 Å². The van der Waals surface area contributed by atoms with Crippen LogP contribution in [0.4, 0.5) is 5.82 Å². The van der Waals surface area contributed by atoms with Crippen LogP contribution in [0.2, 0.25) is 0 Å². The molecule has 0 atom stereocenters. The van der Waals surface area contributed by atoms with Crippen LogP contribution in [-0.4, -0.2) is 55.3 Å². The molecule has 3 aromatic heterocycles. The van der Waals surface area contributed by atoms with Crippen molar-refractivity contribution in [3.63, 3.8) is 0 Å². The quantitative estimate of drug-likeness (QED) is 0.557. The number of hydrogen-bond acceptors (Lipinski definition) is 8. The molecule has 0 fully saturated rings. The third-order valence-corrected chi connectivity index (χ3v) is 3.42. The van der Waals surface area contributed by atoms with E-state index in [9.17, 15) is 4.79 Å². The number of carbonyl (C=O) groups is 1. The van der Waals surface area contributed by atoms with Gasteiger partial charge in [0.15, 0.2) is 12.4 Å². The molecule has 3 rings (SSSR count). The summed E-state index contributed by atoms with van der Waals surface area (Å²) < 4.78 is 6.91. The highest BCUT2D eigenvalue weighted by Gasteiger charge is 2.06. The van der Waals surface area contributed by atoms with Crippen molar-refractivity contribution in [3.05, 3.63) is 48.3 Å². The van der Waals surface area contributed by atoms with Crippen LogP contribution in [-0.2, 0) is 4.79 Å². The number of rotatable bonds is 8. The molecule has 0 aliphatic carbocycles. The molecule has 0 spiro atoms. The SMILES string of the molecule is Cc1ccnc(OCC(=O)NCCNc2cc(-n3cccn3)nc(C)n2)n1. The van der Waals surface area contributed by atoms with Gasteiger partial charge in [0, 0.05) is 43.4 Å². The van der Waals surface area contributed by atoms with Crippen LogP contribution in [0.3, 0.4) is 0 Å². The van der Waals surface area contributed by atoms with Gasteiger partial charge in [-0.3, -0.25) is 4.79 Å². The van der Waals surface area contributed by atoms with Crippen molar-refractivity contribution >= 4 is 11.7 Å². The van der Waals surface area contributed by atoms with Gasteiger partial charge in [0.25, 0.3) is 5.91 Å². The first-order valence-electron chi connectivity index (χ1n) is 8.39. The van der Waals surface area contributed by atoms with Gasteiger partial charge in [-0.15, -0.1) is 0 Å². The first kappa shape index (κ1) is 18.2. The topological polar surface area (TPSA) is 120 Å². The minimum atomic E-state index is -0.252. The van der Waals surface area contributed by atoms with Gasteiger partial charge < -0.3 is 15.4 Å². The predicted molar refractivity (Wildman–Crippen MR) is 97.7 cm³/mol. The number of anilines is 1. The van der Waals surface area contributed by atoms with E-state index in [1.54, 1.807) is 29.2 Å². The molecule has 2 N–H and O–H groups in total. The summed E-state index contributed by atoms with van der Waals surface area (Å²) in [6.45, 7) is 4.41. The number of nitrogens with zero attached hydrogens (tertiary/aromatic N) is 6. The summed E-state index contributed by atoms with van der Waals surface area (Å²) in [5.41, 5.74) is 0.777. The molecule has 0 aliphatic rings. The van der Waals surface area contributed by atoms with Crippen LogP contribution in [0.15, 0.2) is 36.8 Å². The molecule has 140 valence electrons. The van der Waals surface area contributed by atoms with Crippen LogP contribution < -0.4 is 15.4 Å². The molecule has 10 nitrogen and oxygen atoms in total. The highest BCUT2D eigenvalue weighted by atomic mass is 16.5. The van der Waals surface area contributed by atoms with E-state index < -0.39 is 0 Å². The Hall–Kier alpha value is -3.56. The van der Waals surface area contributed by atoms with Gasteiger partial charge in [-0.2, -0.15) is 5.10 Å². The maximum atomic E-state index is 11.8. The Labute approximate surface area is 156 Å². The van der Waals surface area contributed by atoms with E-state index >= 15 is 0 Å². The Morgan fingerprint density at radius 1 is 1.19 bits per heavy atom. The summed E-state index contributed by atoms with van der Waals surface area (Å²) in [5, 5.41) is 10.1. The fourth-order valence-corrected chi connectivity index (χ4v) is 2.23. The van der Waals surface area contributed by atoms with E-state index in [4.69, 9.17) is 4.74 Å². The molecule has 0 bridgehead atoms. The van der Waals surface area contributed by atoms with Gasteiger partial charge in [0.1, 0.15) is 11.6 Å². The number of aromatic nitrogens is 6. The molecule has 3 aromatic rings. The maximum absolute atomic E-state index is 11.8. The molecule has 3 heterocycles. The Morgan fingerprint density at radius 3 is 2.85 bits per heavy atom. The second-order valence-electron chi connectivity index (χ2n) is 5.66. The molecular weight excluding hydrogens is 348 g/mol. The Morgan fingerprint density at radius 2 is 2.07 bits per heavy atom. The number of carbonyl (C=O) groups excluding carboxylic acids is 1. The minimum absolute atomic E-state index is 0.139. The van der Waals surface area contributed by atoms with Crippen LogP contribution in [0.25, 0.3) is 5.82 Å². The van der Waals surface area contributed by atoms with Gasteiger partial charge in [-0.1, -0.05) is 0 Å². The Balaban J connectivity index is 1.43. The van der Waals surface area contributed by atoms with Crippen molar-refractivity contribution in [3.8, 4) is 11.8 Å². The van der Waals surface area contributed by atoms with E-state index in [-0.39, 0.29) is 18.5 Å². The van der Waals surface area contributed by atoms with Gasteiger partial charge in [-0.05, 0) is 26.0 Å². The van der Waals surface area contributed by atoms with E-state index in [0.29, 0.717) is 30.5 Å². The minimum Gasteiger partial charge on any atom is -0.453 e. The molecule has 0 aliphatic heterocycles. The van der Waals surface area contributed by atoms with Crippen LogP contribution in [0.5, 0.6) is 6.01 Å². The average Bonchev–Trinajstić information content (AvgIpc) is 3.18. The van der Waals surface area contributed by atoms with Crippen molar-refractivity contribution < 1.29 is 9.53 Å². The van der Waals surface area contributed by atoms with Crippen LogP contribution >= 0.6 is 0 Å². The molecule has 27 heavy (non-hydrogen) atoms. The zero-order chi connectivity index (χ0) is 19.1. The van der Waals surface area contributed by atoms with Crippen molar-refractivity contribution in [2.75, 3.05) is 25.0 Å². The van der Waals surface area contributed by atoms with Crippen molar-refractivity contribution in [2.45, 2.75) is 13.8 Å². The van der Waals surface area contributed by atoms with Crippen LogP contribution in [0.1, 0.15) is 11.5 Å². The van der Waals surface area contributed by atoms with E-state index in [1.165, 1.54) is 0 Å².